The monoisotopic (exact) mass is 230 g/mol. The Morgan fingerprint density at radius 3 is 1.87 bits per heavy atom. The number of rotatable bonds is 2. The van der Waals surface area contributed by atoms with Gasteiger partial charge in [0.05, 0.1) is 5.57 Å². The molecule has 0 saturated carbocycles. The van der Waals surface area contributed by atoms with Gasteiger partial charge >= 0.3 is 12.4 Å². The lowest BCUT2D eigenvalue weighted by Gasteiger charge is -2.07. The van der Waals surface area contributed by atoms with E-state index < -0.39 is 24.0 Å². The minimum Gasteiger partial charge on any atom is -0.167 e. The lowest BCUT2D eigenvalue weighted by Crippen LogP contribution is -2.11. The van der Waals surface area contributed by atoms with Gasteiger partial charge in [-0.1, -0.05) is 18.2 Å². The van der Waals surface area contributed by atoms with Crippen molar-refractivity contribution in [3.05, 3.63) is 36.0 Å². The summed E-state index contributed by atoms with van der Waals surface area (Å²) in [5.41, 5.74) is -1.35. The molecule has 0 spiro atoms. The quantitative estimate of drug-likeness (QED) is 0.493. The molecule has 0 saturated heterocycles. The zero-order chi connectivity index (χ0) is 12.1. The Bertz CT molecular complexity index is 276. The minimum absolute atomic E-state index is 0. The molecule has 0 amide bonds. The molecule has 0 aliphatic heterocycles. The third-order valence-corrected chi connectivity index (χ3v) is 1.25. The highest BCUT2D eigenvalue weighted by Crippen LogP contribution is 2.28. The number of halogens is 6. The Morgan fingerprint density at radius 2 is 1.53 bits per heavy atom. The van der Waals surface area contributed by atoms with Gasteiger partial charge in [0.1, 0.15) is 0 Å². The Labute approximate surface area is 82.6 Å². The SMILES string of the molecule is C\C=C/C=C(\C=C\C(F)(F)F)C(F)(F)F. The van der Waals surface area contributed by atoms with Crippen LogP contribution in [0, 0.1) is 0 Å². The fraction of sp³-hybridized carbons (Fsp3) is 0.333. The summed E-state index contributed by atoms with van der Waals surface area (Å²) in [6.45, 7) is 1.46. The van der Waals surface area contributed by atoms with E-state index in [1.165, 1.54) is 13.0 Å². The maximum Gasteiger partial charge on any atom is 0.416 e. The van der Waals surface area contributed by atoms with Crippen molar-refractivity contribution < 1.29 is 26.3 Å². The second-order valence-electron chi connectivity index (χ2n) is 2.52. The molecule has 0 heterocycles. The van der Waals surface area contributed by atoms with E-state index in [0.717, 1.165) is 6.08 Å². The number of alkyl halides is 6. The highest BCUT2D eigenvalue weighted by molar-refractivity contribution is 5.28. The average molecular weight is 230 g/mol. The Kier molecular flexibility index (Phi) is 4.64. The van der Waals surface area contributed by atoms with Crippen molar-refractivity contribution in [3.8, 4) is 0 Å². The third kappa shape index (κ3) is 6.82. The molecule has 0 aliphatic carbocycles. The van der Waals surface area contributed by atoms with Crippen LogP contribution in [0.25, 0.3) is 0 Å². The lowest BCUT2D eigenvalue weighted by atomic mass is 10.2. The standard InChI is InChI=1S/C9H8F6/c1-2-3-4-7(9(13,14)15)5-6-8(10,11)12/h2-6H,1H3/b3-2-,6-5+,7-4+. The van der Waals surface area contributed by atoms with Crippen LogP contribution in [-0.4, -0.2) is 12.4 Å². The van der Waals surface area contributed by atoms with Crippen LogP contribution in [-0.2, 0) is 0 Å². The van der Waals surface area contributed by atoms with Crippen molar-refractivity contribution in [1.29, 1.82) is 0 Å². The molecule has 86 valence electrons. The molecule has 0 aromatic heterocycles. The summed E-state index contributed by atoms with van der Waals surface area (Å²) in [6.07, 6.45) is -7.11. The van der Waals surface area contributed by atoms with Crippen molar-refractivity contribution in [2.75, 3.05) is 0 Å². The maximum absolute atomic E-state index is 12.1. The van der Waals surface area contributed by atoms with E-state index in [1.807, 2.05) is 0 Å². The molecule has 0 nitrogen and oxygen atoms in total. The average Bonchev–Trinajstić information content (AvgIpc) is 1.99. The molecule has 0 atom stereocenters. The number of allylic oxidation sites excluding steroid dienone is 6. The lowest BCUT2D eigenvalue weighted by molar-refractivity contribution is -0.0902. The molecule has 0 N–H and O–H groups in total. The summed E-state index contributed by atoms with van der Waals surface area (Å²) in [4.78, 5) is 0. The summed E-state index contributed by atoms with van der Waals surface area (Å²) < 4.78 is 71.2. The fourth-order valence-electron chi connectivity index (χ4n) is 0.629. The maximum atomic E-state index is 12.1. The molecule has 0 aromatic carbocycles. The fourth-order valence-corrected chi connectivity index (χ4v) is 0.629. The summed E-state index contributed by atoms with van der Waals surface area (Å²) in [7, 11) is 0. The topological polar surface area (TPSA) is 0 Å². The molecule has 0 unspecified atom stereocenters. The van der Waals surface area contributed by atoms with E-state index in [1.54, 1.807) is 0 Å². The van der Waals surface area contributed by atoms with Gasteiger partial charge in [0.2, 0.25) is 0 Å². The van der Waals surface area contributed by atoms with Gasteiger partial charge in [-0.25, -0.2) is 0 Å². The molecule has 0 aliphatic rings. The van der Waals surface area contributed by atoms with Crippen LogP contribution in [0.1, 0.15) is 6.92 Å². The van der Waals surface area contributed by atoms with Gasteiger partial charge in [-0.2, -0.15) is 26.3 Å². The van der Waals surface area contributed by atoms with Crippen LogP contribution in [0.2, 0.25) is 0 Å². The second kappa shape index (κ2) is 5.04. The number of hydrogen-bond acceptors (Lipinski definition) is 0. The summed E-state index contributed by atoms with van der Waals surface area (Å²) >= 11 is 0. The van der Waals surface area contributed by atoms with Crippen LogP contribution in [0.4, 0.5) is 26.3 Å². The van der Waals surface area contributed by atoms with Crippen LogP contribution >= 0.6 is 0 Å². The smallest absolute Gasteiger partial charge is 0.167 e. The molecule has 0 fully saturated rings. The minimum atomic E-state index is -4.79. The molecule has 0 aromatic rings. The summed E-state index contributed by atoms with van der Waals surface area (Å²) in [6, 6.07) is 0. The summed E-state index contributed by atoms with van der Waals surface area (Å²) in [5.74, 6) is 0. The molecular weight excluding hydrogens is 222 g/mol. The van der Waals surface area contributed by atoms with Gasteiger partial charge in [-0.05, 0) is 13.0 Å². The van der Waals surface area contributed by atoms with Crippen LogP contribution in [0.5, 0.6) is 0 Å². The van der Waals surface area contributed by atoms with E-state index >= 15 is 0 Å². The van der Waals surface area contributed by atoms with Gasteiger partial charge < -0.3 is 0 Å². The van der Waals surface area contributed by atoms with Crippen LogP contribution < -0.4 is 0 Å². The van der Waals surface area contributed by atoms with Crippen molar-refractivity contribution in [1.82, 2.24) is 0 Å². The normalized spacial score (nSPS) is 15.5. The predicted molar refractivity (Wildman–Crippen MR) is 44.1 cm³/mol. The summed E-state index contributed by atoms with van der Waals surface area (Å²) in [5, 5.41) is 0. The highest BCUT2D eigenvalue weighted by atomic mass is 19.4. The van der Waals surface area contributed by atoms with E-state index in [0.29, 0.717) is 6.08 Å². The molecular formula is C9H8F6. The molecule has 0 radical (unpaired) electrons. The van der Waals surface area contributed by atoms with E-state index in [2.05, 4.69) is 0 Å². The zero-order valence-corrected chi connectivity index (χ0v) is 7.65. The van der Waals surface area contributed by atoms with Crippen LogP contribution in [0.3, 0.4) is 0 Å². The third-order valence-electron chi connectivity index (χ3n) is 1.25. The molecule has 6 heteroatoms. The van der Waals surface area contributed by atoms with E-state index in [-0.39, 0.29) is 6.08 Å². The first-order valence-corrected chi connectivity index (χ1v) is 3.83. The first-order chi connectivity index (χ1) is 6.67. The van der Waals surface area contributed by atoms with Crippen molar-refractivity contribution >= 4 is 0 Å². The van der Waals surface area contributed by atoms with Gasteiger partial charge in [0.15, 0.2) is 0 Å². The molecule has 0 bridgehead atoms. The first-order valence-electron chi connectivity index (χ1n) is 3.83. The van der Waals surface area contributed by atoms with Gasteiger partial charge in [0.25, 0.3) is 0 Å². The van der Waals surface area contributed by atoms with E-state index in [4.69, 9.17) is 0 Å². The highest BCUT2D eigenvalue weighted by Gasteiger charge is 2.32. The molecule has 15 heavy (non-hydrogen) atoms. The van der Waals surface area contributed by atoms with Crippen molar-refractivity contribution in [2.24, 2.45) is 0 Å². The van der Waals surface area contributed by atoms with Gasteiger partial charge in [-0.15, -0.1) is 0 Å². The first kappa shape index (κ1) is 13.8. The van der Waals surface area contributed by atoms with Crippen molar-refractivity contribution in [3.63, 3.8) is 0 Å². The largest absolute Gasteiger partial charge is 0.416 e. The Morgan fingerprint density at radius 1 is 1.00 bits per heavy atom. The van der Waals surface area contributed by atoms with Gasteiger partial charge in [-0.3, -0.25) is 0 Å². The van der Waals surface area contributed by atoms with E-state index in [9.17, 15) is 26.3 Å². The van der Waals surface area contributed by atoms with Crippen molar-refractivity contribution in [2.45, 2.75) is 19.3 Å². The van der Waals surface area contributed by atoms with Gasteiger partial charge in [0, 0.05) is 6.08 Å². The van der Waals surface area contributed by atoms with Crippen LogP contribution in [0.15, 0.2) is 36.0 Å². The predicted octanol–water partition coefficient (Wildman–Crippen LogP) is 4.17. The number of hydrogen-bond donors (Lipinski definition) is 0. The Balaban J connectivity index is 4.92. The molecule has 0 rings (SSSR count). The zero-order valence-electron chi connectivity index (χ0n) is 7.65. The second-order valence-corrected chi connectivity index (χ2v) is 2.52. The Hall–Kier alpha value is -1.20.